The molecule has 0 spiro atoms. The number of ether oxygens (including phenoxy) is 2. The van der Waals surface area contributed by atoms with Crippen molar-refractivity contribution in [3.8, 4) is 5.75 Å². The second kappa shape index (κ2) is 8.22. The van der Waals surface area contributed by atoms with Gasteiger partial charge in [0.1, 0.15) is 5.75 Å². The van der Waals surface area contributed by atoms with E-state index in [1.165, 1.54) is 0 Å². The number of benzene rings is 1. The molecular weight excluding hydrogens is 224 g/mol. The number of hydrogen-bond acceptors (Lipinski definition) is 2. The van der Waals surface area contributed by atoms with Gasteiger partial charge in [0.2, 0.25) is 0 Å². The summed E-state index contributed by atoms with van der Waals surface area (Å²) in [6.07, 6.45) is 1.91. The molecule has 0 saturated heterocycles. The van der Waals surface area contributed by atoms with Crippen LogP contribution < -0.4 is 4.74 Å². The topological polar surface area (TPSA) is 18.5 Å². The predicted molar refractivity (Wildman–Crippen MR) is 66.7 cm³/mol. The Balaban J connectivity index is 0.00000196. The minimum atomic E-state index is 0. The molecule has 0 N–H and O–H groups in total. The van der Waals surface area contributed by atoms with Gasteiger partial charge in [0.25, 0.3) is 0 Å². The smallest absolute Gasteiger partial charge is 0.316 e. The number of methoxy groups -OCH3 is 2. The van der Waals surface area contributed by atoms with Crippen molar-refractivity contribution in [2.75, 3.05) is 20.8 Å². The summed E-state index contributed by atoms with van der Waals surface area (Å²) in [6, 6.07) is 5.67. The highest BCUT2D eigenvalue weighted by atomic mass is 35.5. The van der Waals surface area contributed by atoms with Crippen LogP contribution in [0.3, 0.4) is 0 Å². The largest absolute Gasteiger partial charge is 0.496 e. The zero-order chi connectivity index (χ0) is 10.4. The third-order valence-corrected chi connectivity index (χ3v) is 2.27. The molecule has 0 aromatic heterocycles. The predicted octanol–water partition coefficient (Wildman–Crippen LogP) is 2.01. The first kappa shape index (κ1) is 15.0. The van der Waals surface area contributed by atoms with E-state index in [-0.39, 0.29) is 23.1 Å². The van der Waals surface area contributed by atoms with E-state index in [9.17, 15) is 0 Å². The lowest BCUT2D eigenvalue weighted by molar-refractivity contribution is 0.195. The van der Waals surface area contributed by atoms with Crippen molar-refractivity contribution in [3.05, 3.63) is 28.8 Å². The molecule has 0 amide bonds. The van der Waals surface area contributed by atoms with Crippen molar-refractivity contribution in [1.82, 2.24) is 0 Å². The SMILES string of the molecule is COCCCc1cc(Cl)ccc1OC.[MgH2]. The molecule has 4 heteroatoms. The monoisotopic (exact) mass is 240 g/mol. The highest BCUT2D eigenvalue weighted by molar-refractivity contribution is 6.30. The molecule has 0 fully saturated rings. The molecule has 0 radical (unpaired) electrons. The van der Waals surface area contributed by atoms with Crippen molar-refractivity contribution < 1.29 is 9.47 Å². The van der Waals surface area contributed by atoms with Crippen LogP contribution >= 0.6 is 11.6 Å². The number of aryl methyl sites for hydroxylation is 1. The van der Waals surface area contributed by atoms with Gasteiger partial charge in [-0.15, -0.1) is 0 Å². The van der Waals surface area contributed by atoms with Gasteiger partial charge >= 0.3 is 23.1 Å². The highest BCUT2D eigenvalue weighted by Gasteiger charge is 2.03. The molecular formula is C11H17ClMgO2. The molecule has 0 unspecified atom stereocenters. The number of hydrogen-bond donors (Lipinski definition) is 0. The maximum Gasteiger partial charge on any atom is 0.316 e. The fourth-order valence-corrected chi connectivity index (χ4v) is 1.54. The van der Waals surface area contributed by atoms with Gasteiger partial charge in [-0.25, -0.2) is 0 Å². The third kappa shape index (κ3) is 5.07. The minimum Gasteiger partial charge on any atom is -0.496 e. The van der Waals surface area contributed by atoms with Gasteiger partial charge in [0.05, 0.1) is 7.11 Å². The maximum atomic E-state index is 5.90. The molecule has 0 bridgehead atoms. The van der Waals surface area contributed by atoms with E-state index in [4.69, 9.17) is 21.1 Å². The van der Waals surface area contributed by atoms with E-state index < -0.39 is 0 Å². The van der Waals surface area contributed by atoms with Crippen LogP contribution in [-0.4, -0.2) is 43.9 Å². The summed E-state index contributed by atoms with van der Waals surface area (Å²) in [5.74, 6) is 0.894. The summed E-state index contributed by atoms with van der Waals surface area (Å²) in [5, 5.41) is 0.748. The maximum absolute atomic E-state index is 5.90. The molecule has 1 aromatic rings. The Morgan fingerprint density at radius 3 is 2.60 bits per heavy atom. The van der Waals surface area contributed by atoms with Crippen molar-refractivity contribution in [3.63, 3.8) is 0 Å². The van der Waals surface area contributed by atoms with Crippen LogP contribution in [0.2, 0.25) is 5.02 Å². The fraction of sp³-hybridized carbons (Fsp3) is 0.455. The summed E-state index contributed by atoms with van der Waals surface area (Å²) in [5.41, 5.74) is 1.14. The summed E-state index contributed by atoms with van der Waals surface area (Å²) < 4.78 is 10.2. The van der Waals surface area contributed by atoms with Crippen LogP contribution in [0.5, 0.6) is 5.75 Å². The number of halogens is 1. The van der Waals surface area contributed by atoms with Crippen molar-refractivity contribution in [2.45, 2.75) is 12.8 Å². The fourth-order valence-electron chi connectivity index (χ4n) is 1.35. The summed E-state index contributed by atoms with van der Waals surface area (Å²) >= 11 is 5.90. The standard InChI is InChI=1S/C11H15ClO2.Mg.2H/c1-13-7-3-4-9-8-10(12)5-6-11(9)14-2;;;/h5-6,8H,3-4,7H2,1-2H3;;;. The Hall–Kier alpha value is 0.0362. The first-order valence-electron chi connectivity index (χ1n) is 4.59. The van der Waals surface area contributed by atoms with Crippen molar-refractivity contribution in [2.24, 2.45) is 0 Å². The van der Waals surface area contributed by atoms with Crippen LogP contribution in [0.1, 0.15) is 12.0 Å². The van der Waals surface area contributed by atoms with Gasteiger partial charge in [-0.1, -0.05) is 11.6 Å². The van der Waals surface area contributed by atoms with E-state index in [2.05, 4.69) is 0 Å². The van der Waals surface area contributed by atoms with E-state index in [0.29, 0.717) is 0 Å². The molecule has 15 heavy (non-hydrogen) atoms. The van der Waals surface area contributed by atoms with Gasteiger partial charge < -0.3 is 9.47 Å². The number of rotatable bonds is 5. The highest BCUT2D eigenvalue weighted by Crippen LogP contribution is 2.23. The lowest BCUT2D eigenvalue weighted by Crippen LogP contribution is -1.96. The molecule has 2 nitrogen and oxygen atoms in total. The van der Waals surface area contributed by atoms with Gasteiger partial charge in [-0.05, 0) is 36.6 Å². The average Bonchev–Trinajstić information content (AvgIpc) is 2.19. The Labute approximate surface area is 112 Å². The molecule has 82 valence electrons. The molecule has 0 aliphatic rings. The van der Waals surface area contributed by atoms with Crippen LogP contribution in [0.25, 0.3) is 0 Å². The molecule has 0 aliphatic heterocycles. The Morgan fingerprint density at radius 2 is 2.00 bits per heavy atom. The normalized spacial score (nSPS) is 9.53. The molecule has 1 aromatic carbocycles. The van der Waals surface area contributed by atoms with E-state index >= 15 is 0 Å². The van der Waals surface area contributed by atoms with Crippen LogP contribution in [0, 0.1) is 0 Å². The van der Waals surface area contributed by atoms with Gasteiger partial charge in [-0.3, -0.25) is 0 Å². The Morgan fingerprint density at radius 1 is 1.27 bits per heavy atom. The van der Waals surface area contributed by atoms with Gasteiger partial charge in [0, 0.05) is 18.7 Å². The summed E-state index contributed by atoms with van der Waals surface area (Å²) in [4.78, 5) is 0. The molecule has 0 atom stereocenters. The second-order valence-corrected chi connectivity index (χ2v) is 3.49. The average molecular weight is 241 g/mol. The van der Waals surface area contributed by atoms with Crippen LogP contribution in [0.15, 0.2) is 18.2 Å². The summed E-state index contributed by atoms with van der Waals surface area (Å²) in [7, 11) is 3.37. The molecule has 0 heterocycles. The third-order valence-electron chi connectivity index (χ3n) is 2.04. The van der Waals surface area contributed by atoms with Crippen LogP contribution in [-0.2, 0) is 11.2 Å². The first-order chi connectivity index (χ1) is 6.77. The zero-order valence-electron chi connectivity index (χ0n) is 8.55. The van der Waals surface area contributed by atoms with Crippen LogP contribution in [0.4, 0.5) is 0 Å². The Kier molecular flexibility index (Phi) is 8.24. The van der Waals surface area contributed by atoms with E-state index in [0.717, 1.165) is 35.8 Å². The van der Waals surface area contributed by atoms with Gasteiger partial charge in [0.15, 0.2) is 0 Å². The first-order valence-corrected chi connectivity index (χ1v) is 4.97. The lowest BCUT2D eigenvalue weighted by Gasteiger charge is -2.08. The van der Waals surface area contributed by atoms with Crippen molar-refractivity contribution >= 4 is 34.7 Å². The molecule has 0 saturated carbocycles. The van der Waals surface area contributed by atoms with E-state index in [1.807, 2.05) is 18.2 Å². The quantitative estimate of drug-likeness (QED) is 0.579. The van der Waals surface area contributed by atoms with E-state index in [1.54, 1.807) is 14.2 Å². The zero-order valence-corrected chi connectivity index (χ0v) is 9.30. The summed E-state index contributed by atoms with van der Waals surface area (Å²) in [6.45, 7) is 0.760. The van der Waals surface area contributed by atoms with Gasteiger partial charge in [-0.2, -0.15) is 0 Å². The molecule has 1 rings (SSSR count). The lowest BCUT2D eigenvalue weighted by atomic mass is 10.1. The van der Waals surface area contributed by atoms with Crippen molar-refractivity contribution in [1.29, 1.82) is 0 Å². The molecule has 0 aliphatic carbocycles. The minimum absolute atomic E-state index is 0. The Bertz CT molecular complexity index is 292. The second-order valence-electron chi connectivity index (χ2n) is 3.05.